The van der Waals surface area contributed by atoms with Crippen LogP contribution in [0.2, 0.25) is 0 Å². The second-order valence-corrected chi connectivity index (χ2v) is 8.67. The zero-order chi connectivity index (χ0) is 18.0. The van der Waals surface area contributed by atoms with E-state index in [-0.39, 0.29) is 30.5 Å². The van der Waals surface area contributed by atoms with E-state index in [0.29, 0.717) is 5.56 Å². The van der Waals surface area contributed by atoms with Gasteiger partial charge in [0.25, 0.3) is 5.91 Å². The summed E-state index contributed by atoms with van der Waals surface area (Å²) in [6.45, 7) is 4.58. The SMILES string of the molecule is Cc1cccc(Nc2ccccc2C(=O)N2CCS(=O)(=O)CC2)c1C. The lowest BCUT2D eigenvalue weighted by molar-refractivity contribution is 0.0771. The third-order valence-corrected chi connectivity index (χ3v) is 6.27. The number of rotatable bonds is 3. The minimum Gasteiger partial charge on any atom is -0.355 e. The second kappa shape index (κ2) is 6.88. The van der Waals surface area contributed by atoms with Crippen LogP contribution in [0.1, 0.15) is 21.5 Å². The van der Waals surface area contributed by atoms with E-state index < -0.39 is 9.84 Å². The Bertz CT molecular complexity index is 893. The number of anilines is 2. The van der Waals surface area contributed by atoms with E-state index in [9.17, 15) is 13.2 Å². The van der Waals surface area contributed by atoms with Gasteiger partial charge in [-0.25, -0.2) is 8.42 Å². The van der Waals surface area contributed by atoms with E-state index in [1.165, 1.54) is 5.56 Å². The summed E-state index contributed by atoms with van der Waals surface area (Å²) in [6.07, 6.45) is 0. The summed E-state index contributed by atoms with van der Waals surface area (Å²) in [5, 5.41) is 3.35. The lowest BCUT2D eigenvalue weighted by Gasteiger charge is -2.27. The predicted octanol–water partition coefficient (Wildman–Crippen LogP) is 2.92. The van der Waals surface area contributed by atoms with E-state index >= 15 is 0 Å². The third kappa shape index (κ3) is 3.85. The number of sulfone groups is 1. The molecule has 1 amide bonds. The van der Waals surface area contributed by atoms with Crippen LogP contribution in [0.3, 0.4) is 0 Å². The summed E-state index contributed by atoms with van der Waals surface area (Å²) in [6, 6.07) is 13.4. The van der Waals surface area contributed by atoms with Crippen molar-refractivity contribution in [1.82, 2.24) is 4.90 Å². The Morgan fingerprint density at radius 3 is 2.32 bits per heavy atom. The van der Waals surface area contributed by atoms with Crippen molar-refractivity contribution in [2.24, 2.45) is 0 Å². The first-order valence-corrected chi connectivity index (χ1v) is 10.1. The number of hydrogen-bond acceptors (Lipinski definition) is 4. The Morgan fingerprint density at radius 1 is 0.960 bits per heavy atom. The van der Waals surface area contributed by atoms with Gasteiger partial charge < -0.3 is 10.2 Å². The van der Waals surface area contributed by atoms with Crippen molar-refractivity contribution in [1.29, 1.82) is 0 Å². The van der Waals surface area contributed by atoms with Gasteiger partial charge in [0, 0.05) is 18.8 Å². The summed E-state index contributed by atoms with van der Waals surface area (Å²) < 4.78 is 23.2. The molecule has 0 spiro atoms. The first kappa shape index (κ1) is 17.5. The number of carbonyl (C=O) groups excluding carboxylic acids is 1. The molecule has 2 aromatic rings. The zero-order valence-electron chi connectivity index (χ0n) is 14.5. The topological polar surface area (TPSA) is 66.5 Å². The van der Waals surface area contributed by atoms with E-state index in [4.69, 9.17) is 0 Å². The molecule has 1 heterocycles. The Balaban J connectivity index is 1.86. The van der Waals surface area contributed by atoms with E-state index in [2.05, 4.69) is 5.32 Å². The number of nitrogens with one attached hydrogen (secondary N) is 1. The minimum absolute atomic E-state index is 0.0331. The van der Waals surface area contributed by atoms with Crippen LogP contribution in [0.15, 0.2) is 42.5 Å². The van der Waals surface area contributed by atoms with Crippen molar-refractivity contribution in [2.45, 2.75) is 13.8 Å². The highest BCUT2D eigenvalue weighted by Crippen LogP contribution is 2.26. The van der Waals surface area contributed by atoms with Gasteiger partial charge in [-0.15, -0.1) is 0 Å². The summed E-state index contributed by atoms with van der Waals surface area (Å²) in [4.78, 5) is 14.5. The zero-order valence-corrected chi connectivity index (χ0v) is 15.3. The number of para-hydroxylation sites is 1. The van der Waals surface area contributed by atoms with Gasteiger partial charge in [-0.3, -0.25) is 4.79 Å². The van der Waals surface area contributed by atoms with Crippen LogP contribution in [0, 0.1) is 13.8 Å². The molecule has 0 aliphatic carbocycles. The van der Waals surface area contributed by atoms with Gasteiger partial charge in [-0.1, -0.05) is 24.3 Å². The quantitative estimate of drug-likeness (QED) is 0.916. The maximum Gasteiger partial charge on any atom is 0.256 e. The summed E-state index contributed by atoms with van der Waals surface area (Å²) in [5.41, 5.74) is 4.56. The number of carbonyl (C=O) groups is 1. The number of hydrogen-bond donors (Lipinski definition) is 1. The Morgan fingerprint density at radius 2 is 1.60 bits per heavy atom. The number of aryl methyl sites for hydroxylation is 1. The number of amides is 1. The predicted molar refractivity (Wildman–Crippen MR) is 100 cm³/mol. The molecule has 0 unspecified atom stereocenters. The average Bonchev–Trinajstić information content (AvgIpc) is 2.59. The van der Waals surface area contributed by atoms with E-state index in [0.717, 1.165) is 16.9 Å². The third-order valence-electron chi connectivity index (χ3n) is 4.66. The summed E-state index contributed by atoms with van der Waals surface area (Å²) >= 11 is 0. The van der Waals surface area contributed by atoms with Crippen LogP contribution in [0.25, 0.3) is 0 Å². The van der Waals surface area contributed by atoms with E-state index in [1.54, 1.807) is 11.0 Å². The Hall–Kier alpha value is -2.34. The fourth-order valence-corrected chi connectivity index (χ4v) is 4.10. The van der Waals surface area contributed by atoms with Crippen molar-refractivity contribution in [2.75, 3.05) is 29.9 Å². The van der Waals surface area contributed by atoms with Gasteiger partial charge in [0.1, 0.15) is 0 Å². The molecule has 0 radical (unpaired) electrons. The van der Waals surface area contributed by atoms with Crippen LogP contribution in [-0.4, -0.2) is 43.8 Å². The molecule has 0 atom stereocenters. The molecule has 6 heteroatoms. The molecule has 5 nitrogen and oxygen atoms in total. The molecular formula is C19H22N2O3S. The fraction of sp³-hybridized carbons (Fsp3) is 0.316. The molecule has 1 fully saturated rings. The van der Waals surface area contributed by atoms with Gasteiger partial charge in [-0.05, 0) is 43.2 Å². The van der Waals surface area contributed by atoms with Crippen LogP contribution in [0.5, 0.6) is 0 Å². The highest BCUT2D eigenvalue weighted by molar-refractivity contribution is 7.91. The van der Waals surface area contributed by atoms with Crippen molar-refractivity contribution in [3.8, 4) is 0 Å². The van der Waals surface area contributed by atoms with Crippen LogP contribution < -0.4 is 5.32 Å². The molecule has 1 aliphatic rings. The van der Waals surface area contributed by atoms with Gasteiger partial charge in [-0.2, -0.15) is 0 Å². The largest absolute Gasteiger partial charge is 0.355 e. The molecule has 1 N–H and O–H groups in total. The molecule has 132 valence electrons. The normalized spacial score (nSPS) is 16.5. The monoisotopic (exact) mass is 358 g/mol. The van der Waals surface area contributed by atoms with Crippen LogP contribution >= 0.6 is 0 Å². The maximum absolute atomic E-state index is 12.9. The standard InChI is InChI=1S/C19H22N2O3S/c1-14-6-5-9-17(15(14)2)20-18-8-4-3-7-16(18)19(22)21-10-12-25(23,24)13-11-21/h3-9,20H,10-13H2,1-2H3. The molecule has 0 aromatic heterocycles. The summed E-state index contributed by atoms with van der Waals surface area (Å²) in [5.74, 6) is -0.0697. The highest BCUT2D eigenvalue weighted by Gasteiger charge is 2.26. The van der Waals surface area contributed by atoms with Crippen LogP contribution in [0.4, 0.5) is 11.4 Å². The molecule has 1 saturated heterocycles. The molecule has 2 aromatic carbocycles. The molecule has 0 saturated carbocycles. The summed E-state index contributed by atoms with van der Waals surface area (Å²) in [7, 11) is -3.01. The second-order valence-electron chi connectivity index (χ2n) is 6.36. The van der Waals surface area contributed by atoms with Gasteiger partial charge in [0.15, 0.2) is 9.84 Å². The van der Waals surface area contributed by atoms with E-state index in [1.807, 2.05) is 50.2 Å². The van der Waals surface area contributed by atoms with Gasteiger partial charge >= 0.3 is 0 Å². The van der Waals surface area contributed by atoms with Gasteiger partial charge in [0.2, 0.25) is 0 Å². The smallest absolute Gasteiger partial charge is 0.256 e. The van der Waals surface area contributed by atoms with Crippen LogP contribution in [-0.2, 0) is 9.84 Å². The first-order chi connectivity index (χ1) is 11.9. The molecule has 3 rings (SSSR count). The molecule has 0 bridgehead atoms. The molecular weight excluding hydrogens is 336 g/mol. The first-order valence-electron chi connectivity index (χ1n) is 8.29. The minimum atomic E-state index is -3.01. The lowest BCUT2D eigenvalue weighted by Crippen LogP contribution is -2.43. The van der Waals surface area contributed by atoms with Gasteiger partial charge in [0.05, 0.1) is 22.8 Å². The molecule has 1 aliphatic heterocycles. The Labute approximate surface area is 148 Å². The van der Waals surface area contributed by atoms with Crippen molar-refractivity contribution in [3.63, 3.8) is 0 Å². The fourth-order valence-electron chi connectivity index (χ4n) is 2.90. The number of benzene rings is 2. The van der Waals surface area contributed by atoms with Crippen molar-refractivity contribution in [3.05, 3.63) is 59.2 Å². The maximum atomic E-state index is 12.9. The lowest BCUT2D eigenvalue weighted by atomic mass is 10.1. The number of nitrogens with zero attached hydrogens (tertiary/aromatic N) is 1. The Kier molecular flexibility index (Phi) is 4.81. The highest BCUT2D eigenvalue weighted by atomic mass is 32.2. The van der Waals surface area contributed by atoms with Crippen molar-refractivity contribution >= 4 is 27.1 Å². The van der Waals surface area contributed by atoms with Crippen molar-refractivity contribution < 1.29 is 13.2 Å². The average molecular weight is 358 g/mol. The molecule has 25 heavy (non-hydrogen) atoms.